The maximum Gasteiger partial charge on any atom is 0.123 e. The molecule has 1 aromatic carbocycles. The second-order valence-corrected chi connectivity index (χ2v) is 4.23. The summed E-state index contributed by atoms with van der Waals surface area (Å²) in [6.07, 6.45) is 2.56. The van der Waals surface area contributed by atoms with Gasteiger partial charge in [0.2, 0.25) is 0 Å². The number of ether oxygens (including phenoxy) is 2. The maximum absolute atomic E-state index is 8.91. The van der Waals surface area contributed by atoms with Crippen LogP contribution in [0, 0.1) is 0 Å². The molecule has 0 unspecified atom stereocenters. The molecule has 0 aliphatic heterocycles. The highest BCUT2D eigenvalue weighted by molar-refractivity contribution is 6.04. The number of hydrogen-bond acceptors (Lipinski definition) is 4. The van der Waals surface area contributed by atoms with E-state index in [1.165, 1.54) is 0 Å². The van der Waals surface area contributed by atoms with Crippen molar-refractivity contribution in [3.05, 3.63) is 29.3 Å². The molecule has 0 bridgehead atoms. The highest BCUT2D eigenvalue weighted by Gasteiger charge is 2.21. The van der Waals surface area contributed by atoms with Crippen LogP contribution in [0.2, 0.25) is 0 Å². The van der Waals surface area contributed by atoms with Gasteiger partial charge in [-0.15, -0.1) is 0 Å². The monoisotopic (exact) mass is 249 g/mol. The molecule has 98 valence electrons. The van der Waals surface area contributed by atoms with Crippen molar-refractivity contribution in [2.45, 2.75) is 26.2 Å². The zero-order valence-electron chi connectivity index (χ0n) is 10.7. The molecule has 0 heterocycles. The summed E-state index contributed by atoms with van der Waals surface area (Å²) >= 11 is 0. The first-order valence-corrected chi connectivity index (χ1v) is 6.40. The van der Waals surface area contributed by atoms with E-state index in [1.54, 1.807) is 0 Å². The van der Waals surface area contributed by atoms with Crippen molar-refractivity contribution in [3.63, 3.8) is 0 Å². The number of benzene rings is 1. The van der Waals surface area contributed by atoms with Crippen LogP contribution in [0.5, 0.6) is 5.75 Å². The van der Waals surface area contributed by atoms with Crippen molar-refractivity contribution in [1.29, 1.82) is 0 Å². The molecule has 4 heteroatoms. The van der Waals surface area contributed by atoms with Crippen LogP contribution >= 0.6 is 0 Å². The molecule has 0 saturated heterocycles. The van der Waals surface area contributed by atoms with Crippen molar-refractivity contribution < 1.29 is 14.7 Å². The lowest BCUT2D eigenvalue weighted by atomic mass is 10.1. The Labute approximate surface area is 107 Å². The highest BCUT2D eigenvalue weighted by atomic mass is 16.5. The Balaban J connectivity index is 1.96. The fourth-order valence-corrected chi connectivity index (χ4v) is 2.20. The van der Waals surface area contributed by atoms with Gasteiger partial charge in [0.1, 0.15) is 5.75 Å². The van der Waals surface area contributed by atoms with Crippen LogP contribution < -0.4 is 4.74 Å². The van der Waals surface area contributed by atoms with Crippen molar-refractivity contribution >= 4 is 5.71 Å². The lowest BCUT2D eigenvalue weighted by molar-refractivity contribution is 0.130. The Hall–Kier alpha value is -1.55. The fourth-order valence-electron chi connectivity index (χ4n) is 2.20. The summed E-state index contributed by atoms with van der Waals surface area (Å²) in [5, 5.41) is 12.2. The van der Waals surface area contributed by atoms with Gasteiger partial charge in [-0.05, 0) is 25.8 Å². The van der Waals surface area contributed by atoms with Crippen molar-refractivity contribution in [2.75, 3.05) is 19.8 Å². The van der Waals surface area contributed by atoms with Crippen LogP contribution in [-0.2, 0) is 11.2 Å². The molecule has 4 nitrogen and oxygen atoms in total. The number of nitrogens with zero attached hydrogens (tertiary/aromatic N) is 1. The van der Waals surface area contributed by atoms with E-state index in [4.69, 9.17) is 14.7 Å². The molecule has 1 aromatic rings. The third kappa shape index (κ3) is 2.82. The van der Waals surface area contributed by atoms with Crippen LogP contribution in [0.15, 0.2) is 23.4 Å². The zero-order chi connectivity index (χ0) is 12.8. The highest BCUT2D eigenvalue weighted by Crippen LogP contribution is 2.30. The summed E-state index contributed by atoms with van der Waals surface area (Å²) in [5.41, 5.74) is 2.92. The molecule has 0 radical (unpaired) electrons. The molecule has 18 heavy (non-hydrogen) atoms. The quantitative estimate of drug-likeness (QED) is 0.479. The molecule has 0 saturated carbocycles. The summed E-state index contributed by atoms with van der Waals surface area (Å²) in [4.78, 5) is 0. The summed E-state index contributed by atoms with van der Waals surface area (Å²) in [5.74, 6) is 0.905. The molecule has 2 rings (SSSR count). The molecule has 0 fully saturated rings. The standard InChI is InChI=1S/C14H19NO3/c1-2-17-9-4-10-18-14-6-3-5-11-12(14)7-8-13(11)15-16/h3,5-6,16H,2,4,7-10H2,1H3. The lowest BCUT2D eigenvalue weighted by Crippen LogP contribution is -2.04. The molecule has 1 N–H and O–H groups in total. The average Bonchev–Trinajstić information content (AvgIpc) is 2.82. The van der Waals surface area contributed by atoms with Crippen LogP contribution in [-0.4, -0.2) is 30.7 Å². The first-order chi connectivity index (χ1) is 8.86. The smallest absolute Gasteiger partial charge is 0.123 e. The van der Waals surface area contributed by atoms with Gasteiger partial charge >= 0.3 is 0 Å². The first kappa shape index (κ1) is 12.9. The van der Waals surface area contributed by atoms with E-state index in [2.05, 4.69) is 5.16 Å². The first-order valence-electron chi connectivity index (χ1n) is 6.40. The Kier molecular flexibility index (Phi) is 4.59. The molecule has 0 spiro atoms. The summed E-state index contributed by atoms with van der Waals surface area (Å²) in [6, 6.07) is 5.89. The average molecular weight is 249 g/mol. The lowest BCUT2D eigenvalue weighted by Gasteiger charge is -2.10. The van der Waals surface area contributed by atoms with Crippen molar-refractivity contribution in [1.82, 2.24) is 0 Å². The molecule has 0 atom stereocenters. The largest absolute Gasteiger partial charge is 0.493 e. The molecular weight excluding hydrogens is 230 g/mol. The van der Waals surface area contributed by atoms with Gasteiger partial charge < -0.3 is 14.7 Å². The van der Waals surface area contributed by atoms with Crippen molar-refractivity contribution in [3.8, 4) is 5.75 Å². The predicted molar refractivity (Wildman–Crippen MR) is 69.7 cm³/mol. The van der Waals surface area contributed by atoms with Gasteiger partial charge in [0.25, 0.3) is 0 Å². The van der Waals surface area contributed by atoms with Crippen LogP contribution in [0.1, 0.15) is 30.9 Å². The third-order valence-electron chi connectivity index (χ3n) is 3.07. The minimum Gasteiger partial charge on any atom is -0.493 e. The van der Waals surface area contributed by atoms with Gasteiger partial charge in [-0.3, -0.25) is 0 Å². The Bertz CT molecular complexity index is 429. The van der Waals surface area contributed by atoms with Gasteiger partial charge in [0.15, 0.2) is 0 Å². The van der Waals surface area contributed by atoms with E-state index in [9.17, 15) is 0 Å². The van der Waals surface area contributed by atoms with E-state index in [0.29, 0.717) is 6.61 Å². The van der Waals surface area contributed by atoms with Crippen molar-refractivity contribution in [2.24, 2.45) is 5.16 Å². The minimum atomic E-state index is 0.655. The maximum atomic E-state index is 8.91. The second kappa shape index (κ2) is 6.40. The third-order valence-corrected chi connectivity index (χ3v) is 3.07. The van der Waals surface area contributed by atoms with E-state index in [0.717, 1.165) is 55.1 Å². The number of fused-ring (bicyclic) bond motifs is 1. The summed E-state index contributed by atoms with van der Waals surface area (Å²) in [6.45, 7) is 4.12. The SMILES string of the molecule is CCOCCCOc1cccc2c1CCC2=NO. The Morgan fingerprint density at radius 2 is 2.17 bits per heavy atom. The van der Waals surface area contributed by atoms with E-state index in [1.807, 2.05) is 25.1 Å². The predicted octanol–water partition coefficient (Wildman–Crippen LogP) is 2.62. The zero-order valence-corrected chi connectivity index (χ0v) is 10.7. The molecule has 1 aliphatic rings. The van der Waals surface area contributed by atoms with E-state index >= 15 is 0 Å². The normalized spacial score (nSPS) is 15.9. The van der Waals surface area contributed by atoms with Crippen LogP contribution in [0.25, 0.3) is 0 Å². The van der Waals surface area contributed by atoms with E-state index in [-0.39, 0.29) is 0 Å². The Morgan fingerprint density at radius 1 is 1.28 bits per heavy atom. The van der Waals surface area contributed by atoms with Crippen LogP contribution in [0.4, 0.5) is 0 Å². The van der Waals surface area contributed by atoms with Gasteiger partial charge in [0.05, 0.1) is 12.3 Å². The number of hydrogen-bond donors (Lipinski definition) is 1. The molecule has 0 aromatic heterocycles. The fraction of sp³-hybridized carbons (Fsp3) is 0.500. The number of rotatable bonds is 6. The minimum absolute atomic E-state index is 0.655. The summed E-state index contributed by atoms with van der Waals surface area (Å²) < 4.78 is 11.0. The van der Waals surface area contributed by atoms with Gasteiger partial charge in [-0.1, -0.05) is 17.3 Å². The second-order valence-electron chi connectivity index (χ2n) is 4.23. The van der Waals surface area contributed by atoms with E-state index < -0.39 is 0 Å². The molecule has 0 amide bonds. The van der Waals surface area contributed by atoms with Gasteiger partial charge in [-0.25, -0.2) is 0 Å². The topological polar surface area (TPSA) is 51.0 Å². The molecular formula is C14H19NO3. The number of oxime groups is 1. The summed E-state index contributed by atoms with van der Waals surface area (Å²) in [7, 11) is 0. The van der Waals surface area contributed by atoms with Gasteiger partial charge in [0, 0.05) is 30.8 Å². The molecule has 1 aliphatic carbocycles. The van der Waals surface area contributed by atoms with Crippen LogP contribution in [0.3, 0.4) is 0 Å². The Morgan fingerprint density at radius 3 is 2.94 bits per heavy atom. The van der Waals surface area contributed by atoms with Gasteiger partial charge in [-0.2, -0.15) is 0 Å².